The van der Waals surface area contributed by atoms with Gasteiger partial charge in [-0.05, 0) is 50.1 Å². The summed E-state index contributed by atoms with van der Waals surface area (Å²) in [4.78, 5) is 44.7. The van der Waals surface area contributed by atoms with Gasteiger partial charge < -0.3 is 18.9 Å². The summed E-state index contributed by atoms with van der Waals surface area (Å²) in [6.07, 6.45) is 1.75. The van der Waals surface area contributed by atoms with E-state index in [1.807, 2.05) is 67.6 Å². The monoisotopic (exact) mass is 612 g/mol. The van der Waals surface area contributed by atoms with E-state index in [2.05, 4.69) is 0 Å². The Morgan fingerprint density at radius 3 is 2.25 bits per heavy atom. The predicted octanol–water partition coefficient (Wildman–Crippen LogP) is 4.28. The Morgan fingerprint density at radius 2 is 1.57 bits per heavy atom. The van der Waals surface area contributed by atoms with E-state index in [0.717, 1.165) is 11.1 Å². The van der Waals surface area contributed by atoms with Crippen LogP contribution in [0.2, 0.25) is 0 Å². The first-order valence-electron chi connectivity index (χ1n) is 14.3. The molecule has 0 saturated heterocycles. The molecule has 10 heteroatoms. The van der Waals surface area contributed by atoms with E-state index in [-0.39, 0.29) is 25.4 Å². The van der Waals surface area contributed by atoms with Gasteiger partial charge in [0.2, 0.25) is 0 Å². The molecule has 5 rings (SSSR count). The Morgan fingerprint density at radius 1 is 0.864 bits per heavy atom. The third kappa shape index (κ3) is 6.50. The SMILES string of the molecule is CCOC(=O)COc1ccc(/C=c2\sc3n(c2=O)[C@H](c2ccccc2)C(C(=O)OCC)=C(c2ccccc2)N=3)cc1OCC. The Kier molecular flexibility index (Phi) is 9.71. The molecule has 0 unspecified atom stereocenters. The highest BCUT2D eigenvalue weighted by molar-refractivity contribution is 7.07. The number of hydrogen-bond donors (Lipinski definition) is 0. The summed E-state index contributed by atoms with van der Waals surface area (Å²) in [5, 5.41) is 0. The third-order valence-corrected chi connectivity index (χ3v) is 7.69. The van der Waals surface area contributed by atoms with Gasteiger partial charge in [0, 0.05) is 5.56 Å². The lowest BCUT2D eigenvalue weighted by Crippen LogP contribution is -2.39. The molecule has 0 amide bonds. The van der Waals surface area contributed by atoms with Crippen molar-refractivity contribution < 1.29 is 28.5 Å². The van der Waals surface area contributed by atoms with Crippen molar-refractivity contribution in [2.75, 3.05) is 26.4 Å². The molecule has 226 valence electrons. The highest BCUT2D eigenvalue weighted by atomic mass is 32.1. The molecule has 1 aromatic heterocycles. The van der Waals surface area contributed by atoms with Crippen molar-refractivity contribution in [1.82, 2.24) is 4.57 Å². The van der Waals surface area contributed by atoms with Crippen molar-refractivity contribution in [3.63, 3.8) is 0 Å². The zero-order valence-electron chi connectivity index (χ0n) is 24.6. The Hall–Kier alpha value is -4.96. The third-order valence-electron chi connectivity index (χ3n) is 6.71. The summed E-state index contributed by atoms with van der Waals surface area (Å²) in [7, 11) is 0. The van der Waals surface area contributed by atoms with Gasteiger partial charge in [-0.25, -0.2) is 14.6 Å². The van der Waals surface area contributed by atoms with Gasteiger partial charge in [-0.15, -0.1) is 0 Å². The fourth-order valence-corrected chi connectivity index (χ4v) is 5.88. The summed E-state index contributed by atoms with van der Waals surface area (Å²) in [6.45, 7) is 5.87. The molecule has 0 spiro atoms. The number of carbonyl (C=O) groups is 2. The van der Waals surface area contributed by atoms with Crippen molar-refractivity contribution >= 4 is 35.0 Å². The van der Waals surface area contributed by atoms with Crippen molar-refractivity contribution in [2.24, 2.45) is 4.99 Å². The van der Waals surface area contributed by atoms with Gasteiger partial charge in [-0.1, -0.05) is 78.1 Å². The van der Waals surface area contributed by atoms with E-state index in [4.69, 9.17) is 23.9 Å². The summed E-state index contributed by atoms with van der Waals surface area (Å²) in [6, 6.07) is 23.3. The quantitative estimate of drug-likeness (QED) is 0.233. The second kappa shape index (κ2) is 14.0. The Labute approximate surface area is 258 Å². The fraction of sp³-hybridized carbons (Fsp3) is 0.235. The summed E-state index contributed by atoms with van der Waals surface area (Å²) in [5.41, 5.74) is 2.66. The lowest BCUT2D eigenvalue weighted by Gasteiger charge is -2.25. The maximum atomic E-state index is 14.1. The minimum absolute atomic E-state index is 0.179. The largest absolute Gasteiger partial charge is 0.490 e. The first-order valence-corrected chi connectivity index (χ1v) is 15.1. The highest BCUT2D eigenvalue weighted by Crippen LogP contribution is 2.35. The van der Waals surface area contributed by atoms with Crippen LogP contribution in [0.5, 0.6) is 11.5 Å². The van der Waals surface area contributed by atoms with E-state index < -0.39 is 18.0 Å². The van der Waals surface area contributed by atoms with Crippen LogP contribution in [0.25, 0.3) is 11.8 Å². The molecule has 44 heavy (non-hydrogen) atoms. The number of esters is 2. The topological polar surface area (TPSA) is 105 Å². The average Bonchev–Trinajstić information content (AvgIpc) is 3.35. The number of carbonyl (C=O) groups excluding carboxylic acids is 2. The van der Waals surface area contributed by atoms with Crippen LogP contribution in [0.1, 0.15) is 43.5 Å². The second-order valence-corrected chi connectivity index (χ2v) is 10.6. The van der Waals surface area contributed by atoms with Crippen molar-refractivity contribution in [2.45, 2.75) is 26.8 Å². The minimum Gasteiger partial charge on any atom is -0.490 e. The van der Waals surface area contributed by atoms with Gasteiger partial charge in [0.05, 0.1) is 41.7 Å². The van der Waals surface area contributed by atoms with E-state index in [1.54, 1.807) is 42.7 Å². The molecule has 0 bridgehead atoms. The molecule has 0 radical (unpaired) electrons. The second-order valence-electron chi connectivity index (χ2n) is 9.58. The van der Waals surface area contributed by atoms with E-state index >= 15 is 0 Å². The first kappa shape index (κ1) is 30.5. The molecule has 0 saturated carbocycles. The van der Waals surface area contributed by atoms with Crippen LogP contribution in [0.4, 0.5) is 0 Å². The number of aromatic nitrogens is 1. The number of thiazole rings is 1. The molecule has 4 aromatic rings. The number of benzene rings is 3. The van der Waals surface area contributed by atoms with Crippen molar-refractivity contribution in [3.8, 4) is 11.5 Å². The maximum absolute atomic E-state index is 14.1. The first-order chi connectivity index (χ1) is 21.4. The number of hydrogen-bond acceptors (Lipinski definition) is 9. The highest BCUT2D eigenvalue weighted by Gasteiger charge is 2.35. The molecule has 1 atom stereocenters. The standard InChI is InChI=1S/C34H32N2O7S/c1-4-40-26-19-22(17-18-25(26)43-21-28(37)41-5-2)20-27-32(38)36-31(24-15-11-8-12-16-24)29(33(39)42-6-3)30(35-34(36)44-27)23-13-9-7-10-14-23/h7-20,31H,4-6,21H2,1-3H3/b27-20-/t31-/m1/s1. The maximum Gasteiger partial charge on any atom is 0.344 e. The van der Waals surface area contributed by atoms with Crippen LogP contribution in [0, 0.1) is 0 Å². The fourth-order valence-electron chi connectivity index (χ4n) is 4.88. The zero-order chi connectivity index (χ0) is 31.1. The summed E-state index contributed by atoms with van der Waals surface area (Å²) < 4.78 is 23.8. The number of rotatable bonds is 11. The van der Waals surface area contributed by atoms with E-state index in [9.17, 15) is 14.4 Å². The average molecular weight is 613 g/mol. The molecule has 0 fully saturated rings. The Balaban J connectivity index is 1.66. The number of nitrogens with zero attached hydrogens (tertiary/aromatic N) is 2. The van der Waals surface area contributed by atoms with Gasteiger partial charge >= 0.3 is 11.9 Å². The molecule has 2 heterocycles. The van der Waals surface area contributed by atoms with Gasteiger partial charge in [-0.2, -0.15) is 0 Å². The van der Waals surface area contributed by atoms with Gasteiger partial charge in [-0.3, -0.25) is 9.36 Å². The summed E-state index contributed by atoms with van der Waals surface area (Å²) in [5.74, 6) is -0.200. The number of fused-ring (bicyclic) bond motifs is 1. The predicted molar refractivity (Wildman–Crippen MR) is 167 cm³/mol. The van der Waals surface area contributed by atoms with Crippen LogP contribution >= 0.6 is 11.3 Å². The van der Waals surface area contributed by atoms with Crippen LogP contribution in [-0.4, -0.2) is 42.9 Å². The minimum atomic E-state index is -0.749. The van der Waals surface area contributed by atoms with Crippen LogP contribution in [0.3, 0.4) is 0 Å². The van der Waals surface area contributed by atoms with E-state index in [0.29, 0.717) is 44.3 Å². The van der Waals surface area contributed by atoms with E-state index in [1.165, 1.54) is 11.3 Å². The van der Waals surface area contributed by atoms with Crippen LogP contribution in [0.15, 0.2) is 94.2 Å². The molecule has 1 aliphatic rings. The lowest BCUT2D eigenvalue weighted by molar-refractivity contribution is -0.145. The van der Waals surface area contributed by atoms with Crippen LogP contribution < -0.4 is 24.4 Å². The molecule has 3 aromatic carbocycles. The van der Waals surface area contributed by atoms with Gasteiger partial charge in [0.25, 0.3) is 5.56 Å². The van der Waals surface area contributed by atoms with Crippen LogP contribution in [-0.2, 0) is 19.1 Å². The molecule has 1 aliphatic heterocycles. The molecule has 9 nitrogen and oxygen atoms in total. The van der Waals surface area contributed by atoms with Gasteiger partial charge in [0.1, 0.15) is 0 Å². The molecular weight excluding hydrogens is 580 g/mol. The smallest absolute Gasteiger partial charge is 0.344 e. The normalized spacial score (nSPS) is 14.4. The van der Waals surface area contributed by atoms with Crippen molar-refractivity contribution in [3.05, 3.63) is 121 Å². The zero-order valence-corrected chi connectivity index (χ0v) is 25.5. The molecule has 0 aliphatic carbocycles. The number of ether oxygens (including phenoxy) is 4. The lowest BCUT2D eigenvalue weighted by atomic mass is 9.93. The van der Waals surface area contributed by atoms with Crippen molar-refractivity contribution in [1.29, 1.82) is 0 Å². The summed E-state index contributed by atoms with van der Waals surface area (Å²) >= 11 is 1.23. The Bertz CT molecular complexity index is 1860. The molecular formula is C34H32N2O7S. The van der Waals surface area contributed by atoms with Gasteiger partial charge in [0.15, 0.2) is 22.9 Å². The molecule has 0 N–H and O–H groups in total.